The summed E-state index contributed by atoms with van der Waals surface area (Å²) in [4.78, 5) is 91.4. The van der Waals surface area contributed by atoms with Crippen molar-refractivity contribution in [3.05, 3.63) is 83.6 Å². The number of aryl methyl sites for hydroxylation is 1. The van der Waals surface area contributed by atoms with Crippen LogP contribution in [0, 0.1) is 6.92 Å². The molecule has 1 aromatic carbocycles. The number of benzene rings is 1. The van der Waals surface area contributed by atoms with Gasteiger partial charge in [-0.2, -0.15) is 12.9 Å². The maximum atomic E-state index is 13.2. The van der Waals surface area contributed by atoms with Crippen molar-refractivity contribution < 1.29 is 69.7 Å². The average Bonchev–Trinajstić information content (AvgIpc) is 3.43. The zero-order chi connectivity index (χ0) is 38.1. The number of hydrogen-bond donors (Lipinski definition) is 6. The predicted molar refractivity (Wildman–Crippen MR) is 176 cm³/mol. The molecule has 0 bridgehead atoms. The van der Waals surface area contributed by atoms with Gasteiger partial charge in [-0.1, -0.05) is 49.2 Å². The Balaban J connectivity index is 1.54. The Kier molecular flexibility index (Phi) is 10.9. The third kappa shape index (κ3) is 8.80. The fraction of sp³-hybridized carbons (Fsp3) is 0.360. The van der Waals surface area contributed by atoms with E-state index < -0.39 is 72.2 Å². The minimum atomic E-state index is -6.18. The van der Waals surface area contributed by atoms with Gasteiger partial charge in [-0.05, 0) is 43.0 Å². The molecule has 278 valence electrons. The third-order valence-corrected chi connectivity index (χ3v) is 13.8. The Labute approximate surface area is 296 Å². The largest absolute Gasteiger partial charge is 0.490 e. The summed E-state index contributed by atoms with van der Waals surface area (Å²) in [5.41, 5.74) is -0.944. The molecule has 5 rings (SSSR count). The van der Waals surface area contributed by atoms with Crippen molar-refractivity contribution in [2.75, 3.05) is 0 Å². The highest BCUT2D eigenvalue weighted by Crippen LogP contribution is 2.71. The van der Waals surface area contributed by atoms with Crippen molar-refractivity contribution in [2.45, 2.75) is 57.5 Å². The van der Waals surface area contributed by atoms with E-state index in [2.05, 4.69) is 22.9 Å². The molecule has 51 heavy (non-hydrogen) atoms. The number of Topliss-reactive ketones (excluding diaryl/α,β-unsaturated/α-hetero) is 1. The summed E-state index contributed by atoms with van der Waals surface area (Å²) >= 11 is 12.5. The molecule has 4 unspecified atom stereocenters. The molecule has 2 aliphatic heterocycles. The lowest BCUT2D eigenvalue weighted by Crippen LogP contribution is -2.34. The number of carbonyl (C=O) groups excluding carboxylic acids is 1. The number of hydrogen-bond acceptors (Lipinski definition) is 13. The molecular formula is C25H27Cl2N3O17P4. The highest BCUT2D eigenvalue weighted by molar-refractivity contribution is 7.69. The second-order valence-electron chi connectivity index (χ2n) is 11.8. The number of rotatable bonds is 11. The molecule has 1 aromatic heterocycles. The van der Waals surface area contributed by atoms with Crippen LogP contribution in [0.15, 0.2) is 60.7 Å². The first-order valence-corrected chi connectivity index (χ1v) is 21.0. The Hall–Kier alpha value is -2.18. The maximum absolute atomic E-state index is 13.2. The van der Waals surface area contributed by atoms with E-state index in [4.69, 9.17) is 42.2 Å². The van der Waals surface area contributed by atoms with Crippen LogP contribution in [0.2, 0.25) is 0 Å². The normalized spacial score (nSPS) is 24.4. The second kappa shape index (κ2) is 13.9. The first kappa shape index (κ1) is 40.0. The monoisotopic (exact) mass is 835 g/mol. The number of ether oxygens (including phenoxy) is 1. The molecule has 1 saturated heterocycles. The number of aliphatic imine (C=N–C) groups is 1. The number of nitrogens with zero attached hydrogens (tertiary/aromatic N) is 2. The number of halogens is 2. The fourth-order valence-corrected chi connectivity index (χ4v) is 11.0. The van der Waals surface area contributed by atoms with E-state index in [1.165, 1.54) is 37.4 Å². The number of carbonyl (C=O) groups is 1. The molecule has 6 N–H and O–H groups in total. The first-order chi connectivity index (χ1) is 23.3. The topological polar surface area (TPSA) is 300 Å². The predicted octanol–water partition coefficient (Wildman–Crippen LogP) is 4.29. The number of allylic oxidation sites excluding steroid dienone is 4. The van der Waals surface area contributed by atoms with Crippen LogP contribution in [0.3, 0.4) is 0 Å². The van der Waals surface area contributed by atoms with Gasteiger partial charge in [-0.3, -0.25) is 23.7 Å². The van der Waals surface area contributed by atoms with Gasteiger partial charge in [0.2, 0.25) is 5.78 Å². The minimum absolute atomic E-state index is 0.00719. The van der Waals surface area contributed by atoms with E-state index in [1.807, 2.05) is 0 Å². The van der Waals surface area contributed by atoms with Crippen LogP contribution in [-0.2, 0) is 50.7 Å². The zero-order valence-corrected chi connectivity index (χ0v) is 31.2. The lowest BCUT2D eigenvalue weighted by molar-refractivity contribution is -0.111. The number of aromatic nitrogens is 2. The van der Waals surface area contributed by atoms with E-state index in [0.29, 0.717) is 22.5 Å². The quantitative estimate of drug-likeness (QED) is 0.136. The Morgan fingerprint density at radius 3 is 2.25 bits per heavy atom. The highest BCUT2D eigenvalue weighted by atomic mass is 35.5. The molecule has 6 atom stereocenters. The molecule has 3 heterocycles. The zero-order valence-electron chi connectivity index (χ0n) is 26.1. The number of ketones is 1. The molecule has 26 heteroatoms. The van der Waals surface area contributed by atoms with Crippen LogP contribution >= 0.6 is 54.5 Å². The average molecular weight is 836 g/mol. The molecule has 0 spiro atoms. The summed E-state index contributed by atoms with van der Waals surface area (Å²) in [7, 11) is -23.9. The number of phosphoric ester groups is 1. The van der Waals surface area contributed by atoms with Crippen molar-refractivity contribution in [1.82, 2.24) is 9.55 Å². The Morgan fingerprint density at radius 1 is 0.980 bits per heavy atom. The molecule has 0 saturated carbocycles. The van der Waals surface area contributed by atoms with Crippen molar-refractivity contribution in [1.29, 1.82) is 0 Å². The van der Waals surface area contributed by atoms with Crippen molar-refractivity contribution in [2.24, 2.45) is 4.99 Å². The lowest BCUT2D eigenvalue weighted by Gasteiger charge is -2.37. The number of aromatic amines is 1. The number of nitrogens with one attached hydrogen (secondary N) is 1. The summed E-state index contributed by atoms with van der Waals surface area (Å²) in [6.07, 6.45) is -1.37. The molecule has 1 aliphatic carbocycles. The fourth-order valence-electron chi connectivity index (χ4n) is 5.67. The number of H-pyrrole nitrogens is 1. The third-order valence-electron chi connectivity index (χ3n) is 7.74. The van der Waals surface area contributed by atoms with Crippen LogP contribution in [-0.4, -0.2) is 51.6 Å². The summed E-state index contributed by atoms with van der Waals surface area (Å²) in [5.74, 6) is -0.646. The molecule has 3 aliphatic rings. The van der Waals surface area contributed by atoms with Gasteiger partial charge in [0.05, 0.1) is 27.6 Å². The van der Waals surface area contributed by atoms with Crippen LogP contribution in [0.25, 0.3) is 0 Å². The van der Waals surface area contributed by atoms with Gasteiger partial charge in [0.15, 0.2) is 0 Å². The molecule has 2 aromatic rings. The molecule has 1 fully saturated rings. The summed E-state index contributed by atoms with van der Waals surface area (Å²) in [5, 5.41) is -0.360. The van der Waals surface area contributed by atoms with E-state index >= 15 is 0 Å². The van der Waals surface area contributed by atoms with E-state index in [-0.39, 0.29) is 34.0 Å². The second-order valence-corrected chi connectivity index (χ2v) is 18.5. The van der Waals surface area contributed by atoms with Crippen LogP contribution in [0.5, 0.6) is 0 Å². The molecule has 0 radical (unpaired) electrons. The standard InChI is InChI=1S/C25H27Cl2N3O17P4/c1-11-10-30(24(33)29-23(11)32)18-7-6-17(43-18)22(44-49(37,38)46-51(41,42)47-50(39,40)45-48(34,35)36)12-4-5-15-13(8-12)25(2,3)19-16(28-15)9-14(26)21(31)20(19)27/h4-5,8-10,17-18,22H,6-7H2,1-3H3,(H,37,38)(H,39,40)(H,41,42)(H,29,32,33)(H2,34,35,36)/t17-,18+,22?/m0/s1. The highest BCUT2D eigenvalue weighted by Gasteiger charge is 2.48. The van der Waals surface area contributed by atoms with Crippen LogP contribution in [0.1, 0.15) is 55.7 Å². The van der Waals surface area contributed by atoms with Crippen LogP contribution in [0.4, 0.5) is 5.69 Å². The van der Waals surface area contributed by atoms with E-state index in [0.717, 1.165) is 4.57 Å². The van der Waals surface area contributed by atoms with Gasteiger partial charge in [0.25, 0.3) is 5.56 Å². The van der Waals surface area contributed by atoms with Gasteiger partial charge < -0.3 is 29.2 Å². The summed E-state index contributed by atoms with van der Waals surface area (Å²) in [6, 6.07) is 4.32. The maximum Gasteiger partial charge on any atom is 0.490 e. The smallest absolute Gasteiger partial charge is 0.352 e. The van der Waals surface area contributed by atoms with Gasteiger partial charge in [0.1, 0.15) is 12.3 Å². The van der Waals surface area contributed by atoms with Gasteiger partial charge in [-0.15, -0.1) is 0 Å². The summed E-state index contributed by atoms with van der Waals surface area (Å²) in [6.45, 7) is 4.85. The minimum Gasteiger partial charge on any atom is -0.352 e. The summed E-state index contributed by atoms with van der Waals surface area (Å²) < 4.78 is 72.2. The van der Waals surface area contributed by atoms with Crippen molar-refractivity contribution in [3.8, 4) is 0 Å². The lowest BCUT2D eigenvalue weighted by atomic mass is 9.71. The molecule has 20 nitrogen and oxygen atoms in total. The van der Waals surface area contributed by atoms with Crippen molar-refractivity contribution in [3.63, 3.8) is 0 Å². The van der Waals surface area contributed by atoms with E-state index in [1.54, 1.807) is 13.8 Å². The molecule has 0 amide bonds. The first-order valence-electron chi connectivity index (χ1n) is 14.2. The number of phosphoric acid groups is 4. The van der Waals surface area contributed by atoms with Gasteiger partial charge in [-0.25, -0.2) is 28.0 Å². The SMILES string of the molecule is Cc1cn([C@H]2CC[C@@H](C(OP(=O)(O)OP(=O)(O)OP(=O)(O)OP(=O)(O)O)c3ccc4c(c3)C(C)(C)C3=C(Cl)C(=O)C(Cl)=CC3=N4)O2)c(=O)[nH]c1=O. The van der Waals surface area contributed by atoms with Crippen molar-refractivity contribution >= 4 is 71.7 Å². The van der Waals surface area contributed by atoms with Gasteiger partial charge in [0, 0.05) is 22.7 Å². The van der Waals surface area contributed by atoms with E-state index in [9.17, 15) is 47.3 Å². The van der Waals surface area contributed by atoms with Crippen LogP contribution < -0.4 is 11.2 Å². The Morgan fingerprint density at radius 2 is 1.61 bits per heavy atom. The molecular weight excluding hydrogens is 809 g/mol. The number of fused-ring (bicyclic) bond motifs is 2. The van der Waals surface area contributed by atoms with Gasteiger partial charge >= 0.3 is 37.0 Å². The Bertz CT molecular complexity index is 2240.